The molecule has 0 aromatic rings. The first-order valence-corrected chi connectivity index (χ1v) is 5.70. The SMILES string of the molecule is CCN(CC(C)(C)O)C(=O)NC1CCC1. The molecule has 0 radical (unpaired) electrons. The fourth-order valence-corrected chi connectivity index (χ4v) is 1.61. The molecule has 0 spiro atoms. The maximum atomic E-state index is 11.8. The van der Waals surface area contributed by atoms with Crippen molar-refractivity contribution in [1.29, 1.82) is 0 Å². The molecule has 0 atom stereocenters. The minimum atomic E-state index is -0.826. The molecule has 1 aliphatic rings. The first-order valence-electron chi connectivity index (χ1n) is 5.70. The molecule has 1 saturated carbocycles. The van der Waals surface area contributed by atoms with Crippen LogP contribution in [0, 0.1) is 0 Å². The third kappa shape index (κ3) is 4.08. The van der Waals surface area contributed by atoms with Crippen molar-refractivity contribution < 1.29 is 9.90 Å². The number of hydrogen-bond donors (Lipinski definition) is 2. The highest BCUT2D eigenvalue weighted by Gasteiger charge is 2.25. The Morgan fingerprint density at radius 1 is 1.53 bits per heavy atom. The minimum Gasteiger partial charge on any atom is -0.389 e. The molecule has 0 heterocycles. The van der Waals surface area contributed by atoms with E-state index in [0.29, 0.717) is 19.1 Å². The number of carbonyl (C=O) groups is 1. The summed E-state index contributed by atoms with van der Waals surface area (Å²) >= 11 is 0. The van der Waals surface area contributed by atoms with Gasteiger partial charge in [-0.25, -0.2) is 4.79 Å². The molecule has 0 saturated heterocycles. The zero-order valence-corrected chi connectivity index (χ0v) is 9.92. The van der Waals surface area contributed by atoms with Gasteiger partial charge < -0.3 is 15.3 Å². The van der Waals surface area contributed by atoms with Crippen molar-refractivity contribution in [3.8, 4) is 0 Å². The highest BCUT2D eigenvalue weighted by atomic mass is 16.3. The van der Waals surface area contributed by atoms with E-state index in [1.54, 1.807) is 18.7 Å². The molecule has 4 heteroatoms. The molecule has 1 fully saturated rings. The summed E-state index contributed by atoms with van der Waals surface area (Å²) in [5, 5.41) is 12.6. The van der Waals surface area contributed by atoms with E-state index < -0.39 is 5.60 Å². The number of likely N-dealkylation sites (N-methyl/N-ethyl adjacent to an activating group) is 1. The van der Waals surface area contributed by atoms with Gasteiger partial charge in [0.25, 0.3) is 0 Å². The summed E-state index contributed by atoms with van der Waals surface area (Å²) in [6, 6.07) is 0.303. The number of rotatable bonds is 4. The Bertz CT molecular complexity index is 219. The van der Waals surface area contributed by atoms with Gasteiger partial charge in [-0.3, -0.25) is 0 Å². The monoisotopic (exact) mass is 214 g/mol. The first-order chi connectivity index (χ1) is 6.92. The molecular formula is C11H22N2O2. The van der Waals surface area contributed by atoms with Crippen LogP contribution in [0.3, 0.4) is 0 Å². The van der Waals surface area contributed by atoms with Crippen molar-refractivity contribution in [3.63, 3.8) is 0 Å². The van der Waals surface area contributed by atoms with Gasteiger partial charge >= 0.3 is 6.03 Å². The Kier molecular flexibility index (Phi) is 3.97. The summed E-state index contributed by atoms with van der Waals surface area (Å²) in [6.45, 7) is 6.36. The van der Waals surface area contributed by atoms with Gasteiger partial charge in [-0.15, -0.1) is 0 Å². The fourth-order valence-electron chi connectivity index (χ4n) is 1.61. The van der Waals surface area contributed by atoms with Crippen LogP contribution in [0.25, 0.3) is 0 Å². The lowest BCUT2D eigenvalue weighted by molar-refractivity contribution is 0.0470. The van der Waals surface area contributed by atoms with Crippen LogP contribution in [-0.2, 0) is 0 Å². The molecule has 0 aromatic carbocycles. The molecule has 2 N–H and O–H groups in total. The Labute approximate surface area is 91.6 Å². The number of nitrogens with zero attached hydrogens (tertiary/aromatic N) is 1. The minimum absolute atomic E-state index is 0.0516. The van der Waals surface area contributed by atoms with E-state index in [-0.39, 0.29) is 6.03 Å². The summed E-state index contributed by atoms with van der Waals surface area (Å²) in [7, 11) is 0. The van der Waals surface area contributed by atoms with Gasteiger partial charge in [0.2, 0.25) is 0 Å². The standard InChI is InChI=1S/C11H22N2O2/c1-4-13(8-11(2,3)15)10(14)12-9-6-5-7-9/h9,15H,4-8H2,1-3H3,(H,12,14). The van der Waals surface area contributed by atoms with Crippen molar-refractivity contribution in [2.75, 3.05) is 13.1 Å². The van der Waals surface area contributed by atoms with E-state index >= 15 is 0 Å². The van der Waals surface area contributed by atoms with E-state index in [2.05, 4.69) is 5.32 Å². The topological polar surface area (TPSA) is 52.6 Å². The van der Waals surface area contributed by atoms with Gasteiger partial charge in [0.05, 0.1) is 12.1 Å². The smallest absolute Gasteiger partial charge is 0.317 e. The Hall–Kier alpha value is -0.770. The van der Waals surface area contributed by atoms with Crippen LogP contribution in [0.1, 0.15) is 40.0 Å². The van der Waals surface area contributed by atoms with Crippen LogP contribution in [-0.4, -0.2) is 40.8 Å². The molecule has 0 unspecified atom stereocenters. The molecule has 4 nitrogen and oxygen atoms in total. The van der Waals surface area contributed by atoms with E-state index in [9.17, 15) is 9.90 Å². The van der Waals surface area contributed by atoms with Crippen LogP contribution >= 0.6 is 0 Å². The summed E-state index contributed by atoms with van der Waals surface area (Å²) in [4.78, 5) is 13.4. The zero-order valence-electron chi connectivity index (χ0n) is 9.92. The largest absolute Gasteiger partial charge is 0.389 e. The molecule has 1 aliphatic carbocycles. The number of nitrogens with one attached hydrogen (secondary N) is 1. The normalized spacial score (nSPS) is 17.1. The van der Waals surface area contributed by atoms with Crippen molar-refractivity contribution in [2.45, 2.75) is 51.7 Å². The number of carbonyl (C=O) groups excluding carboxylic acids is 1. The Morgan fingerprint density at radius 3 is 2.47 bits per heavy atom. The molecular weight excluding hydrogens is 192 g/mol. The number of urea groups is 1. The lowest BCUT2D eigenvalue weighted by Gasteiger charge is -2.32. The first kappa shape index (κ1) is 12.3. The Balaban J connectivity index is 2.38. The van der Waals surface area contributed by atoms with E-state index in [0.717, 1.165) is 12.8 Å². The highest BCUT2D eigenvalue weighted by Crippen LogP contribution is 2.18. The van der Waals surface area contributed by atoms with Crippen molar-refractivity contribution in [1.82, 2.24) is 10.2 Å². The predicted molar refractivity (Wildman–Crippen MR) is 59.7 cm³/mol. The lowest BCUT2D eigenvalue weighted by atomic mass is 9.93. The second-order valence-electron chi connectivity index (χ2n) is 4.90. The van der Waals surface area contributed by atoms with Crippen molar-refractivity contribution >= 4 is 6.03 Å². The number of hydrogen-bond acceptors (Lipinski definition) is 2. The second-order valence-corrected chi connectivity index (χ2v) is 4.90. The maximum Gasteiger partial charge on any atom is 0.317 e. The summed E-state index contributed by atoms with van der Waals surface area (Å²) in [5.41, 5.74) is -0.826. The third-order valence-electron chi connectivity index (χ3n) is 2.68. The summed E-state index contributed by atoms with van der Waals surface area (Å²) < 4.78 is 0. The predicted octanol–water partition coefficient (Wildman–Crippen LogP) is 1.34. The van der Waals surface area contributed by atoms with E-state index in [1.165, 1.54) is 6.42 Å². The number of amides is 2. The van der Waals surface area contributed by atoms with Gasteiger partial charge in [-0.2, -0.15) is 0 Å². The van der Waals surface area contributed by atoms with Crippen LogP contribution in [0.5, 0.6) is 0 Å². The van der Waals surface area contributed by atoms with E-state index in [1.807, 2.05) is 6.92 Å². The van der Waals surface area contributed by atoms with Gasteiger partial charge in [0.1, 0.15) is 0 Å². The van der Waals surface area contributed by atoms with Crippen LogP contribution < -0.4 is 5.32 Å². The molecule has 88 valence electrons. The molecule has 0 bridgehead atoms. The molecule has 15 heavy (non-hydrogen) atoms. The fraction of sp³-hybridized carbons (Fsp3) is 0.909. The lowest BCUT2D eigenvalue weighted by Crippen LogP contribution is -2.50. The third-order valence-corrected chi connectivity index (χ3v) is 2.68. The van der Waals surface area contributed by atoms with Gasteiger partial charge in [-0.1, -0.05) is 0 Å². The zero-order chi connectivity index (χ0) is 11.5. The van der Waals surface area contributed by atoms with Crippen LogP contribution in [0.4, 0.5) is 4.79 Å². The van der Waals surface area contributed by atoms with Crippen molar-refractivity contribution in [2.24, 2.45) is 0 Å². The molecule has 2 amide bonds. The van der Waals surface area contributed by atoms with Gasteiger partial charge in [0, 0.05) is 12.6 Å². The van der Waals surface area contributed by atoms with Crippen LogP contribution in [0.15, 0.2) is 0 Å². The molecule has 0 aliphatic heterocycles. The highest BCUT2D eigenvalue weighted by molar-refractivity contribution is 5.74. The summed E-state index contributed by atoms with van der Waals surface area (Å²) in [5.74, 6) is 0. The maximum absolute atomic E-state index is 11.8. The summed E-state index contributed by atoms with van der Waals surface area (Å²) in [6.07, 6.45) is 3.39. The average Bonchev–Trinajstić information content (AvgIpc) is 2.05. The van der Waals surface area contributed by atoms with E-state index in [4.69, 9.17) is 0 Å². The molecule has 0 aromatic heterocycles. The second kappa shape index (κ2) is 4.84. The average molecular weight is 214 g/mol. The Morgan fingerprint density at radius 2 is 2.13 bits per heavy atom. The van der Waals surface area contributed by atoms with Gasteiger partial charge in [-0.05, 0) is 40.0 Å². The molecule has 1 rings (SSSR count). The quantitative estimate of drug-likeness (QED) is 0.742. The number of aliphatic hydroxyl groups is 1. The van der Waals surface area contributed by atoms with Gasteiger partial charge in [0.15, 0.2) is 0 Å². The van der Waals surface area contributed by atoms with Crippen LogP contribution in [0.2, 0.25) is 0 Å². The van der Waals surface area contributed by atoms with Crippen molar-refractivity contribution in [3.05, 3.63) is 0 Å².